The first-order valence-corrected chi connectivity index (χ1v) is 2.87. The standard InChI is InChI=1S/C4H5O3P/c5-3-1-2(8)4(6)7-3/h2H,1,8H2. The topological polar surface area (TPSA) is 43.4 Å². The molecule has 1 heterocycles. The molecule has 2 atom stereocenters. The van der Waals surface area contributed by atoms with Gasteiger partial charge in [-0.1, -0.05) is 0 Å². The van der Waals surface area contributed by atoms with Crippen LogP contribution in [0.4, 0.5) is 0 Å². The first kappa shape index (κ1) is 5.70. The van der Waals surface area contributed by atoms with Crippen LogP contribution in [0.15, 0.2) is 0 Å². The second-order valence-electron chi connectivity index (χ2n) is 1.60. The van der Waals surface area contributed by atoms with Crippen molar-refractivity contribution < 1.29 is 14.3 Å². The molecule has 0 radical (unpaired) electrons. The summed E-state index contributed by atoms with van der Waals surface area (Å²) in [5.74, 6) is -0.852. The van der Waals surface area contributed by atoms with E-state index in [1.54, 1.807) is 0 Å². The van der Waals surface area contributed by atoms with Crippen LogP contribution in [-0.4, -0.2) is 17.6 Å². The van der Waals surface area contributed by atoms with Crippen molar-refractivity contribution in [1.29, 1.82) is 0 Å². The van der Waals surface area contributed by atoms with Gasteiger partial charge in [0.25, 0.3) is 0 Å². The molecule has 1 fully saturated rings. The van der Waals surface area contributed by atoms with Gasteiger partial charge in [-0.25, -0.2) is 0 Å². The monoisotopic (exact) mass is 132 g/mol. The molecule has 0 amide bonds. The van der Waals surface area contributed by atoms with E-state index < -0.39 is 11.9 Å². The Morgan fingerprint density at radius 1 is 1.62 bits per heavy atom. The van der Waals surface area contributed by atoms with E-state index in [-0.39, 0.29) is 12.1 Å². The van der Waals surface area contributed by atoms with Crippen LogP contribution in [0.5, 0.6) is 0 Å². The molecule has 0 saturated carbocycles. The third-order valence-electron chi connectivity index (χ3n) is 0.904. The number of hydrogen-bond acceptors (Lipinski definition) is 3. The van der Waals surface area contributed by atoms with Crippen LogP contribution in [0.1, 0.15) is 6.42 Å². The highest BCUT2D eigenvalue weighted by molar-refractivity contribution is 7.19. The van der Waals surface area contributed by atoms with E-state index in [2.05, 4.69) is 14.0 Å². The smallest absolute Gasteiger partial charge is 0.321 e. The highest BCUT2D eigenvalue weighted by Crippen LogP contribution is 2.15. The summed E-state index contributed by atoms with van der Waals surface area (Å²) in [5.41, 5.74) is -0.303. The van der Waals surface area contributed by atoms with Gasteiger partial charge in [-0.15, -0.1) is 9.24 Å². The predicted octanol–water partition coefficient (Wildman–Crippen LogP) is -0.296. The lowest BCUT2D eigenvalue weighted by Gasteiger charge is -1.86. The molecule has 0 bridgehead atoms. The molecule has 8 heavy (non-hydrogen) atoms. The molecular formula is C4H5O3P. The second-order valence-corrected chi connectivity index (χ2v) is 2.41. The number of carbonyl (C=O) groups is 2. The fourth-order valence-electron chi connectivity index (χ4n) is 0.492. The number of esters is 2. The molecule has 1 aliphatic heterocycles. The van der Waals surface area contributed by atoms with Crippen LogP contribution in [0.25, 0.3) is 0 Å². The van der Waals surface area contributed by atoms with Crippen molar-refractivity contribution in [1.82, 2.24) is 0 Å². The molecular weight excluding hydrogens is 127 g/mol. The largest absolute Gasteiger partial charge is 0.393 e. The Kier molecular flexibility index (Phi) is 1.30. The number of hydrogen-bond donors (Lipinski definition) is 0. The molecule has 0 spiro atoms. The van der Waals surface area contributed by atoms with E-state index in [0.29, 0.717) is 0 Å². The average molecular weight is 132 g/mol. The molecule has 0 aromatic heterocycles. The Labute approximate surface area is 48.6 Å². The molecule has 3 nitrogen and oxygen atoms in total. The van der Waals surface area contributed by atoms with Crippen molar-refractivity contribution >= 4 is 21.2 Å². The van der Waals surface area contributed by atoms with Gasteiger partial charge in [0.1, 0.15) is 0 Å². The highest BCUT2D eigenvalue weighted by atomic mass is 31.0. The molecule has 0 aromatic carbocycles. The molecule has 44 valence electrons. The Morgan fingerprint density at radius 3 is 2.38 bits per heavy atom. The second kappa shape index (κ2) is 1.82. The molecule has 2 unspecified atom stereocenters. The predicted molar refractivity (Wildman–Crippen MR) is 29.2 cm³/mol. The lowest BCUT2D eigenvalue weighted by Crippen LogP contribution is -2.04. The summed E-state index contributed by atoms with van der Waals surface area (Å²) < 4.78 is 4.17. The maximum Gasteiger partial charge on any atom is 0.321 e. The normalized spacial score (nSPS) is 28.4. The van der Waals surface area contributed by atoms with E-state index in [4.69, 9.17) is 0 Å². The van der Waals surface area contributed by atoms with Crippen molar-refractivity contribution in [3.63, 3.8) is 0 Å². The first-order valence-electron chi connectivity index (χ1n) is 2.20. The van der Waals surface area contributed by atoms with Gasteiger partial charge < -0.3 is 4.74 Å². The fourth-order valence-corrected chi connectivity index (χ4v) is 0.753. The zero-order valence-electron chi connectivity index (χ0n) is 4.09. The van der Waals surface area contributed by atoms with Crippen molar-refractivity contribution in [2.75, 3.05) is 0 Å². The van der Waals surface area contributed by atoms with Gasteiger partial charge >= 0.3 is 11.9 Å². The van der Waals surface area contributed by atoms with Crippen molar-refractivity contribution in [3.8, 4) is 0 Å². The minimum Gasteiger partial charge on any atom is -0.393 e. The maximum atomic E-state index is 10.3. The molecule has 0 N–H and O–H groups in total. The van der Waals surface area contributed by atoms with E-state index in [1.807, 2.05) is 0 Å². The van der Waals surface area contributed by atoms with Gasteiger partial charge in [-0.3, -0.25) is 9.59 Å². The quantitative estimate of drug-likeness (QED) is 0.258. The Bertz CT molecular complexity index is 142. The van der Waals surface area contributed by atoms with Gasteiger partial charge in [0.05, 0.1) is 12.1 Å². The molecule has 1 saturated heterocycles. The Morgan fingerprint density at radius 2 is 2.25 bits per heavy atom. The molecule has 0 aromatic rings. The summed E-state index contributed by atoms with van der Waals surface area (Å²) in [7, 11) is 2.24. The van der Waals surface area contributed by atoms with E-state index in [9.17, 15) is 9.59 Å². The first-order chi connectivity index (χ1) is 3.70. The third kappa shape index (κ3) is 0.869. The van der Waals surface area contributed by atoms with Gasteiger partial charge in [0.15, 0.2) is 0 Å². The van der Waals surface area contributed by atoms with Crippen LogP contribution in [0.3, 0.4) is 0 Å². The van der Waals surface area contributed by atoms with E-state index in [1.165, 1.54) is 0 Å². The van der Waals surface area contributed by atoms with Gasteiger partial charge in [-0.2, -0.15) is 0 Å². The van der Waals surface area contributed by atoms with Gasteiger partial charge in [-0.05, 0) is 0 Å². The van der Waals surface area contributed by atoms with Crippen LogP contribution in [-0.2, 0) is 14.3 Å². The summed E-state index contributed by atoms with van der Waals surface area (Å²) in [4.78, 5) is 20.5. The SMILES string of the molecule is O=C1CC(P)C(=O)O1. The number of rotatable bonds is 0. The summed E-state index contributed by atoms with van der Waals surface area (Å²) in [6.45, 7) is 0. The van der Waals surface area contributed by atoms with Crippen molar-refractivity contribution in [2.45, 2.75) is 12.1 Å². The average Bonchev–Trinajstić information content (AvgIpc) is 1.85. The zero-order chi connectivity index (χ0) is 6.15. The Hall–Kier alpha value is -0.430. The highest BCUT2D eigenvalue weighted by Gasteiger charge is 2.29. The van der Waals surface area contributed by atoms with Crippen LogP contribution in [0.2, 0.25) is 0 Å². The lowest BCUT2D eigenvalue weighted by molar-refractivity contribution is -0.151. The third-order valence-corrected chi connectivity index (χ3v) is 1.41. The minimum absolute atomic E-state index is 0.212. The summed E-state index contributed by atoms with van der Waals surface area (Å²) in [6, 6.07) is 0. The van der Waals surface area contributed by atoms with E-state index >= 15 is 0 Å². The van der Waals surface area contributed by atoms with Crippen molar-refractivity contribution in [3.05, 3.63) is 0 Å². The molecule has 0 aliphatic carbocycles. The van der Waals surface area contributed by atoms with Crippen molar-refractivity contribution in [2.24, 2.45) is 0 Å². The van der Waals surface area contributed by atoms with Gasteiger partial charge in [0, 0.05) is 0 Å². The van der Waals surface area contributed by atoms with Crippen LogP contribution >= 0.6 is 9.24 Å². The fraction of sp³-hybridized carbons (Fsp3) is 0.500. The minimum atomic E-state index is -0.431. The summed E-state index contributed by atoms with van der Waals surface area (Å²) in [6.07, 6.45) is 0.212. The van der Waals surface area contributed by atoms with E-state index in [0.717, 1.165) is 0 Å². The number of ether oxygens (including phenoxy) is 1. The summed E-state index contributed by atoms with van der Waals surface area (Å²) in [5, 5.41) is 0. The number of cyclic esters (lactones) is 2. The maximum absolute atomic E-state index is 10.3. The lowest BCUT2D eigenvalue weighted by atomic mass is 10.4. The molecule has 1 aliphatic rings. The summed E-state index contributed by atoms with van der Waals surface area (Å²) >= 11 is 0. The molecule has 4 heteroatoms. The Balaban J connectivity index is 2.64. The van der Waals surface area contributed by atoms with Crippen LogP contribution < -0.4 is 0 Å². The van der Waals surface area contributed by atoms with Gasteiger partial charge in [0.2, 0.25) is 0 Å². The zero-order valence-corrected chi connectivity index (χ0v) is 5.24. The molecule has 1 rings (SSSR count). The number of carbonyl (C=O) groups excluding carboxylic acids is 2. The van der Waals surface area contributed by atoms with Crippen LogP contribution in [0, 0.1) is 0 Å².